The SMILES string of the molecule is CNC(Cc1ccc(F)cc1Br)c1ccco1. The van der Waals surface area contributed by atoms with Gasteiger partial charge in [0.1, 0.15) is 11.6 Å². The number of likely N-dealkylation sites (N-methyl/N-ethyl adjacent to an activating group) is 1. The molecule has 0 aliphatic carbocycles. The van der Waals surface area contributed by atoms with Gasteiger partial charge in [0.2, 0.25) is 0 Å². The fourth-order valence-corrected chi connectivity index (χ4v) is 2.25. The predicted molar refractivity (Wildman–Crippen MR) is 68.3 cm³/mol. The number of furan rings is 1. The van der Waals surface area contributed by atoms with Crippen LogP contribution >= 0.6 is 15.9 Å². The van der Waals surface area contributed by atoms with Gasteiger partial charge in [0.15, 0.2) is 0 Å². The average Bonchev–Trinajstić information content (AvgIpc) is 2.81. The van der Waals surface area contributed by atoms with Gasteiger partial charge in [-0.2, -0.15) is 0 Å². The number of nitrogens with one attached hydrogen (secondary N) is 1. The van der Waals surface area contributed by atoms with Crippen LogP contribution in [0.5, 0.6) is 0 Å². The Hall–Kier alpha value is -1.13. The molecule has 1 heterocycles. The number of hydrogen-bond donors (Lipinski definition) is 1. The fourth-order valence-electron chi connectivity index (χ4n) is 1.74. The fraction of sp³-hybridized carbons (Fsp3) is 0.231. The monoisotopic (exact) mass is 297 g/mol. The highest BCUT2D eigenvalue weighted by atomic mass is 79.9. The van der Waals surface area contributed by atoms with Crippen molar-refractivity contribution in [1.29, 1.82) is 0 Å². The summed E-state index contributed by atoms with van der Waals surface area (Å²) < 4.78 is 19.1. The Bertz CT molecular complexity index is 484. The van der Waals surface area contributed by atoms with Crippen molar-refractivity contribution >= 4 is 15.9 Å². The lowest BCUT2D eigenvalue weighted by Gasteiger charge is -2.14. The second kappa shape index (κ2) is 5.47. The van der Waals surface area contributed by atoms with E-state index in [1.54, 1.807) is 12.3 Å². The molecule has 1 unspecified atom stereocenters. The van der Waals surface area contributed by atoms with Crippen molar-refractivity contribution in [3.63, 3.8) is 0 Å². The van der Waals surface area contributed by atoms with Crippen molar-refractivity contribution in [2.24, 2.45) is 0 Å². The van der Waals surface area contributed by atoms with E-state index in [0.29, 0.717) is 0 Å². The molecule has 1 atom stereocenters. The first kappa shape index (κ1) is 12.3. The van der Waals surface area contributed by atoms with Gasteiger partial charge in [0.25, 0.3) is 0 Å². The van der Waals surface area contributed by atoms with Crippen molar-refractivity contribution in [3.05, 3.63) is 58.2 Å². The third kappa shape index (κ3) is 2.96. The van der Waals surface area contributed by atoms with Crippen LogP contribution in [0, 0.1) is 5.82 Å². The van der Waals surface area contributed by atoms with Gasteiger partial charge in [-0.3, -0.25) is 0 Å². The number of hydrogen-bond acceptors (Lipinski definition) is 2. The first-order valence-electron chi connectivity index (χ1n) is 5.35. The minimum Gasteiger partial charge on any atom is -0.468 e. The molecule has 0 saturated carbocycles. The lowest BCUT2D eigenvalue weighted by Crippen LogP contribution is -2.18. The maximum absolute atomic E-state index is 13.0. The summed E-state index contributed by atoms with van der Waals surface area (Å²) in [6, 6.07) is 8.61. The molecule has 0 bridgehead atoms. The van der Waals surface area contributed by atoms with Crippen molar-refractivity contribution in [2.75, 3.05) is 7.05 Å². The standard InChI is InChI=1S/C13H13BrFNO/c1-16-12(13-3-2-6-17-13)7-9-4-5-10(15)8-11(9)14/h2-6,8,12,16H,7H2,1H3. The smallest absolute Gasteiger partial charge is 0.124 e. The van der Waals surface area contributed by atoms with E-state index >= 15 is 0 Å². The van der Waals surface area contributed by atoms with Crippen LogP contribution in [0.1, 0.15) is 17.4 Å². The van der Waals surface area contributed by atoms with Gasteiger partial charge in [0.05, 0.1) is 12.3 Å². The molecule has 0 saturated heterocycles. The second-order valence-corrected chi connectivity index (χ2v) is 4.65. The molecule has 0 radical (unpaired) electrons. The Morgan fingerprint density at radius 3 is 2.82 bits per heavy atom. The molecule has 2 rings (SSSR count). The zero-order valence-electron chi connectivity index (χ0n) is 9.41. The lowest BCUT2D eigenvalue weighted by atomic mass is 10.0. The molecule has 4 heteroatoms. The van der Waals surface area contributed by atoms with Gasteiger partial charge < -0.3 is 9.73 Å². The summed E-state index contributed by atoms with van der Waals surface area (Å²) in [5, 5.41) is 3.19. The third-order valence-electron chi connectivity index (χ3n) is 2.67. The summed E-state index contributed by atoms with van der Waals surface area (Å²) in [6.45, 7) is 0. The highest BCUT2D eigenvalue weighted by Crippen LogP contribution is 2.24. The van der Waals surface area contributed by atoms with E-state index in [-0.39, 0.29) is 11.9 Å². The van der Waals surface area contributed by atoms with Crippen LogP contribution in [0.2, 0.25) is 0 Å². The van der Waals surface area contributed by atoms with E-state index in [1.807, 2.05) is 19.2 Å². The molecule has 0 fully saturated rings. The molecule has 90 valence electrons. The van der Waals surface area contributed by atoms with Gasteiger partial charge in [-0.1, -0.05) is 22.0 Å². The molecular formula is C13H13BrFNO. The molecule has 0 amide bonds. The van der Waals surface area contributed by atoms with E-state index in [1.165, 1.54) is 12.1 Å². The van der Waals surface area contributed by atoms with Crippen LogP contribution in [0.25, 0.3) is 0 Å². The maximum Gasteiger partial charge on any atom is 0.124 e. The Labute approximate surface area is 108 Å². The minimum absolute atomic E-state index is 0.0896. The topological polar surface area (TPSA) is 25.2 Å². The van der Waals surface area contributed by atoms with Crippen LogP contribution in [0.4, 0.5) is 4.39 Å². The average molecular weight is 298 g/mol. The highest BCUT2D eigenvalue weighted by Gasteiger charge is 2.14. The van der Waals surface area contributed by atoms with Crippen molar-refractivity contribution in [1.82, 2.24) is 5.32 Å². The first-order chi connectivity index (χ1) is 8.20. The van der Waals surface area contributed by atoms with Crippen LogP contribution in [0.3, 0.4) is 0 Å². The number of halogens is 2. The van der Waals surface area contributed by atoms with Crippen LogP contribution in [-0.2, 0) is 6.42 Å². The summed E-state index contributed by atoms with van der Waals surface area (Å²) in [5.41, 5.74) is 1.04. The highest BCUT2D eigenvalue weighted by molar-refractivity contribution is 9.10. The molecule has 1 N–H and O–H groups in total. The Morgan fingerprint density at radius 1 is 1.41 bits per heavy atom. The van der Waals surface area contributed by atoms with Gasteiger partial charge in [-0.05, 0) is 43.3 Å². The molecule has 1 aromatic heterocycles. The van der Waals surface area contributed by atoms with E-state index in [2.05, 4.69) is 21.2 Å². The van der Waals surface area contributed by atoms with Gasteiger partial charge in [-0.25, -0.2) is 4.39 Å². The third-order valence-corrected chi connectivity index (χ3v) is 3.41. The van der Waals surface area contributed by atoms with E-state index in [0.717, 1.165) is 22.2 Å². The van der Waals surface area contributed by atoms with Gasteiger partial charge in [0, 0.05) is 4.47 Å². The van der Waals surface area contributed by atoms with E-state index < -0.39 is 0 Å². The van der Waals surface area contributed by atoms with Crippen LogP contribution in [0.15, 0.2) is 45.5 Å². The molecule has 2 nitrogen and oxygen atoms in total. The summed E-state index contributed by atoms with van der Waals surface area (Å²) >= 11 is 3.37. The second-order valence-electron chi connectivity index (χ2n) is 3.80. The normalized spacial score (nSPS) is 12.6. The molecule has 0 aliphatic rings. The molecule has 0 aliphatic heterocycles. The van der Waals surface area contributed by atoms with Crippen molar-refractivity contribution in [3.8, 4) is 0 Å². The number of rotatable bonds is 4. The Balaban J connectivity index is 2.19. The summed E-state index contributed by atoms with van der Waals surface area (Å²) in [6.07, 6.45) is 2.39. The zero-order valence-corrected chi connectivity index (χ0v) is 11.0. The maximum atomic E-state index is 13.0. The Kier molecular flexibility index (Phi) is 3.97. The van der Waals surface area contributed by atoms with Crippen LogP contribution < -0.4 is 5.32 Å². The van der Waals surface area contributed by atoms with E-state index in [9.17, 15) is 4.39 Å². The van der Waals surface area contributed by atoms with Crippen LogP contribution in [-0.4, -0.2) is 7.05 Å². The largest absolute Gasteiger partial charge is 0.468 e. The summed E-state index contributed by atoms with van der Waals surface area (Å²) in [5.74, 6) is 0.642. The Morgan fingerprint density at radius 2 is 2.24 bits per heavy atom. The molecule has 1 aromatic carbocycles. The first-order valence-corrected chi connectivity index (χ1v) is 6.14. The van der Waals surface area contributed by atoms with E-state index in [4.69, 9.17) is 4.42 Å². The molecule has 0 spiro atoms. The summed E-state index contributed by atoms with van der Waals surface area (Å²) in [4.78, 5) is 0. The zero-order chi connectivity index (χ0) is 12.3. The van der Waals surface area contributed by atoms with Gasteiger partial charge >= 0.3 is 0 Å². The van der Waals surface area contributed by atoms with Gasteiger partial charge in [-0.15, -0.1) is 0 Å². The quantitative estimate of drug-likeness (QED) is 0.931. The molecule has 17 heavy (non-hydrogen) atoms. The lowest BCUT2D eigenvalue weighted by molar-refractivity contribution is 0.429. The number of benzene rings is 1. The minimum atomic E-state index is -0.236. The summed E-state index contributed by atoms with van der Waals surface area (Å²) in [7, 11) is 1.88. The van der Waals surface area contributed by atoms with Crippen molar-refractivity contribution < 1.29 is 8.81 Å². The van der Waals surface area contributed by atoms with Crippen molar-refractivity contribution in [2.45, 2.75) is 12.5 Å². The molecule has 2 aromatic rings. The molecular weight excluding hydrogens is 285 g/mol. The predicted octanol–water partition coefficient (Wildman–Crippen LogP) is 3.68.